The second-order valence-corrected chi connectivity index (χ2v) is 6.56. The molecular formula is C19H34N4O. The van der Waals surface area contributed by atoms with E-state index >= 15 is 0 Å². The van der Waals surface area contributed by atoms with Gasteiger partial charge in [0.25, 0.3) is 0 Å². The van der Waals surface area contributed by atoms with Crippen molar-refractivity contribution < 1.29 is 4.74 Å². The molecule has 1 rings (SSSR count). The highest BCUT2D eigenvalue weighted by molar-refractivity contribution is 5.79. The molecular weight excluding hydrogens is 300 g/mol. The second kappa shape index (κ2) is 11.7. The van der Waals surface area contributed by atoms with Crippen LogP contribution in [0.1, 0.15) is 32.8 Å². The van der Waals surface area contributed by atoms with Crippen molar-refractivity contribution in [1.29, 1.82) is 0 Å². The molecule has 0 aromatic heterocycles. The lowest BCUT2D eigenvalue weighted by molar-refractivity contribution is 0.259. The van der Waals surface area contributed by atoms with E-state index in [1.165, 1.54) is 0 Å². The van der Waals surface area contributed by atoms with Crippen molar-refractivity contribution in [3.8, 4) is 5.75 Å². The molecule has 5 heteroatoms. The molecule has 5 nitrogen and oxygen atoms in total. The number of nitrogens with one attached hydrogen (secondary N) is 2. The largest absolute Gasteiger partial charge is 0.492 e. The van der Waals surface area contributed by atoms with Gasteiger partial charge in [0.05, 0.1) is 6.54 Å². The lowest BCUT2D eigenvalue weighted by atomic mass is 10.1. The number of hydrogen-bond acceptors (Lipinski definition) is 3. The highest BCUT2D eigenvalue weighted by Crippen LogP contribution is 2.18. The summed E-state index contributed by atoms with van der Waals surface area (Å²) in [6.07, 6.45) is 1.13. The van der Waals surface area contributed by atoms with Crippen molar-refractivity contribution in [2.24, 2.45) is 10.9 Å². The summed E-state index contributed by atoms with van der Waals surface area (Å²) in [5, 5.41) is 6.69. The van der Waals surface area contributed by atoms with E-state index in [4.69, 9.17) is 4.74 Å². The Kier molecular flexibility index (Phi) is 9.92. The first-order valence-corrected chi connectivity index (χ1v) is 8.90. The van der Waals surface area contributed by atoms with Gasteiger partial charge in [0.1, 0.15) is 12.4 Å². The van der Waals surface area contributed by atoms with Gasteiger partial charge in [-0.1, -0.05) is 32.0 Å². The molecule has 1 aromatic rings. The Morgan fingerprint density at radius 1 is 1.21 bits per heavy atom. The van der Waals surface area contributed by atoms with Crippen LogP contribution < -0.4 is 15.4 Å². The summed E-state index contributed by atoms with van der Waals surface area (Å²) in [6, 6.07) is 8.12. The standard InChI is InChI=1S/C19H34N4O/c1-6-20-19(21-12-11-16(2)3)22-15-17-9-7-8-10-18(17)24-14-13-23(4)5/h7-10,16H,6,11-15H2,1-5H3,(H2,20,21,22). The maximum atomic E-state index is 5.90. The third-order valence-corrected chi connectivity index (χ3v) is 3.53. The molecule has 1 aromatic carbocycles. The van der Waals surface area contributed by atoms with Crippen LogP contribution in [-0.4, -0.2) is 51.2 Å². The van der Waals surface area contributed by atoms with Crippen molar-refractivity contribution in [1.82, 2.24) is 15.5 Å². The van der Waals surface area contributed by atoms with Crippen LogP contribution in [-0.2, 0) is 6.54 Å². The summed E-state index contributed by atoms with van der Waals surface area (Å²) in [4.78, 5) is 6.80. The highest BCUT2D eigenvalue weighted by Gasteiger charge is 2.04. The Balaban J connectivity index is 2.63. The highest BCUT2D eigenvalue weighted by atomic mass is 16.5. The molecule has 0 heterocycles. The minimum Gasteiger partial charge on any atom is -0.492 e. The van der Waals surface area contributed by atoms with Crippen LogP contribution in [0.5, 0.6) is 5.75 Å². The third kappa shape index (κ3) is 8.77. The summed E-state index contributed by atoms with van der Waals surface area (Å²) in [6.45, 7) is 10.5. The molecule has 0 unspecified atom stereocenters. The average molecular weight is 335 g/mol. The molecule has 0 amide bonds. The SMILES string of the molecule is CCNC(=NCc1ccccc1OCCN(C)C)NCCC(C)C. The van der Waals surface area contributed by atoms with E-state index in [0.717, 1.165) is 43.3 Å². The Morgan fingerprint density at radius 3 is 2.62 bits per heavy atom. The van der Waals surface area contributed by atoms with Gasteiger partial charge in [-0.2, -0.15) is 0 Å². The van der Waals surface area contributed by atoms with Gasteiger partial charge in [0, 0.05) is 25.2 Å². The maximum Gasteiger partial charge on any atom is 0.191 e. The number of guanidine groups is 1. The smallest absolute Gasteiger partial charge is 0.191 e. The zero-order chi connectivity index (χ0) is 17.8. The minimum atomic E-state index is 0.606. The van der Waals surface area contributed by atoms with E-state index in [0.29, 0.717) is 19.1 Å². The molecule has 2 N–H and O–H groups in total. The van der Waals surface area contributed by atoms with Crippen molar-refractivity contribution in [3.05, 3.63) is 29.8 Å². The molecule has 0 aliphatic rings. The molecule has 0 bridgehead atoms. The number of para-hydroxylation sites is 1. The molecule has 0 saturated heterocycles. The lowest BCUT2D eigenvalue weighted by Gasteiger charge is -2.14. The number of likely N-dealkylation sites (N-methyl/N-ethyl adjacent to an activating group) is 1. The first-order chi connectivity index (χ1) is 11.5. The monoisotopic (exact) mass is 334 g/mol. The van der Waals surface area contributed by atoms with E-state index in [-0.39, 0.29) is 0 Å². The van der Waals surface area contributed by atoms with E-state index in [2.05, 4.69) is 47.4 Å². The summed E-state index contributed by atoms with van der Waals surface area (Å²) in [7, 11) is 4.09. The third-order valence-electron chi connectivity index (χ3n) is 3.53. The van der Waals surface area contributed by atoms with Gasteiger partial charge in [-0.3, -0.25) is 0 Å². The fourth-order valence-corrected chi connectivity index (χ4v) is 2.10. The maximum absolute atomic E-state index is 5.90. The second-order valence-electron chi connectivity index (χ2n) is 6.56. The molecule has 0 radical (unpaired) electrons. The van der Waals surface area contributed by atoms with E-state index in [1.807, 2.05) is 32.3 Å². The lowest BCUT2D eigenvalue weighted by Crippen LogP contribution is -2.38. The van der Waals surface area contributed by atoms with E-state index < -0.39 is 0 Å². The summed E-state index contributed by atoms with van der Waals surface area (Å²) >= 11 is 0. The number of rotatable bonds is 10. The van der Waals surface area contributed by atoms with Crippen molar-refractivity contribution in [2.45, 2.75) is 33.7 Å². The van der Waals surface area contributed by atoms with E-state index in [1.54, 1.807) is 0 Å². The predicted octanol–water partition coefficient (Wildman–Crippen LogP) is 2.73. The summed E-state index contributed by atoms with van der Waals surface area (Å²) < 4.78 is 5.90. The molecule has 0 spiro atoms. The Bertz CT molecular complexity index is 486. The molecule has 0 fully saturated rings. The topological polar surface area (TPSA) is 48.9 Å². The van der Waals surface area contributed by atoms with Gasteiger partial charge < -0.3 is 20.3 Å². The summed E-state index contributed by atoms with van der Waals surface area (Å²) in [5.74, 6) is 2.47. The Morgan fingerprint density at radius 2 is 1.96 bits per heavy atom. The molecule has 0 saturated carbocycles. The van der Waals surface area contributed by atoms with Gasteiger partial charge in [0.15, 0.2) is 5.96 Å². The Hall–Kier alpha value is -1.75. The van der Waals surface area contributed by atoms with Crippen molar-refractivity contribution >= 4 is 5.96 Å². The minimum absolute atomic E-state index is 0.606. The fraction of sp³-hybridized carbons (Fsp3) is 0.632. The quantitative estimate of drug-likeness (QED) is 0.510. The Labute approximate surface area is 147 Å². The zero-order valence-electron chi connectivity index (χ0n) is 15.9. The van der Waals surface area contributed by atoms with Gasteiger partial charge in [-0.05, 0) is 39.4 Å². The predicted molar refractivity (Wildman–Crippen MR) is 103 cm³/mol. The molecule has 0 atom stereocenters. The van der Waals surface area contributed by atoms with Gasteiger partial charge >= 0.3 is 0 Å². The first-order valence-electron chi connectivity index (χ1n) is 8.90. The van der Waals surface area contributed by atoms with Crippen molar-refractivity contribution in [3.63, 3.8) is 0 Å². The van der Waals surface area contributed by atoms with E-state index in [9.17, 15) is 0 Å². The van der Waals surface area contributed by atoms with Crippen LogP contribution in [0.15, 0.2) is 29.3 Å². The molecule has 136 valence electrons. The van der Waals surface area contributed by atoms with Crippen LogP contribution in [0.3, 0.4) is 0 Å². The molecule has 0 aliphatic heterocycles. The van der Waals surface area contributed by atoms with Crippen LogP contribution in [0, 0.1) is 5.92 Å². The van der Waals surface area contributed by atoms with Gasteiger partial charge in [-0.15, -0.1) is 0 Å². The average Bonchev–Trinajstić information content (AvgIpc) is 2.53. The number of ether oxygens (including phenoxy) is 1. The zero-order valence-corrected chi connectivity index (χ0v) is 15.9. The number of nitrogens with zero attached hydrogens (tertiary/aromatic N) is 2. The van der Waals surface area contributed by atoms with Gasteiger partial charge in [-0.25, -0.2) is 4.99 Å². The fourth-order valence-electron chi connectivity index (χ4n) is 2.10. The van der Waals surface area contributed by atoms with Crippen molar-refractivity contribution in [2.75, 3.05) is 40.3 Å². The number of aliphatic imine (C=N–C) groups is 1. The molecule has 24 heavy (non-hydrogen) atoms. The van der Waals surface area contributed by atoms with Crippen LogP contribution >= 0.6 is 0 Å². The normalized spacial score (nSPS) is 11.9. The number of hydrogen-bond donors (Lipinski definition) is 2. The van der Waals surface area contributed by atoms with Crippen LogP contribution in [0.2, 0.25) is 0 Å². The summed E-state index contributed by atoms with van der Waals surface area (Å²) in [5.41, 5.74) is 1.11. The molecule has 0 aliphatic carbocycles. The first kappa shape index (κ1) is 20.3. The van der Waals surface area contributed by atoms with Crippen LogP contribution in [0.25, 0.3) is 0 Å². The van der Waals surface area contributed by atoms with Gasteiger partial charge in [0.2, 0.25) is 0 Å². The van der Waals surface area contributed by atoms with Crippen LogP contribution in [0.4, 0.5) is 0 Å². The number of benzene rings is 1.